The molecule has 0 aliphatic heterocycles. The smallest absolute Gasteiger partial charge is 0.229 e. The molecule has 5 aromatic heterocycles. The number of H-pyrrole nitrogens is 2. The Labute approximate surface area is 221 Å². The van der Waals surface area contributed by atoms with Crippen LogP contribution < -0.4 is 5.32 Å². The van der Waals surface area contributed by atoms with E-state index in [4.69, 9.17) is 9.97 Å². The van der Waals surface area contributed by atoms with Gasteiger partial charge in [0.1, 0.15) is 22.6 Å². The predicted molar refractivity (Wildman–Crippen MR) is 145 cm³/mol. The lowest BCUT2D eigenvalue weighted by molar-refractivity contribution is -0.123. The summed E-state index contributed by atoms with van der Waals surface area (Å²) in [5.74, 6) is -0.452. The van der Waals surface area contributed by atoms with Crippen LogP contribution in [0.2, 0.25) is 0 Å². The molecule has 0 saturated carbocycles. The SMILES string of the molecule is CC(C)(C)C(=O)Nc1cncc(-c2ccc3[nH]nc(-c4nc5c(-c6cc(O)cc(F)c6)nccc5[nH]4)c3n2)c1. The number of aromatic hydroxyl groups is 1. The zero-order chi connectivity index (χ0) is 27.3. The maximum absolute atomic E-state index is 14.0. The number of hydrogen-bond donors (Lipinski definition) is 4. The topological polar surface area (TPSA) is 145 Å². The van der Waals surface area contributed by atoms with Gasteiger partial charge in [0.2, 0.25) is 5.91 Å². The van der Waals surface area contributed by atoms with E-state index >= 15 is 0 Å². The second-order valence-corrected chi connectivity index (χ2v) is 10.2. The molecule has 1 amide bonds. The number of hydrogen-bond acceptors (Lipinski definition) is 7. The first-order valence-electron chi connectivity index (χ1n) is 12.1. The number of rotatable bonds is 4. The summed E-state index contributed by atoms with van der Waals surface area (Å²) in [5, 5.41) is 20.2. The van der Waals surface area contributed by atoms with Crippen LogP contribution in [0.3, 0.4) is 0 Å². The van der Waals surface area contributed by atoms with Crippen molar-refractivity contribution < 1.29 is 14.3 Å². The van der Waals surface area contributed by atoms with Crippen LogP contribution in [0.1, 0.15) is 20.8 Å². The van der Waals surface area contributed by atoms with Gasteiger partial charge in [-0.15, -0.1) is 0 Å². The Bertz CT molecular complexity index is 1870. The second-order valence-electron chi connectivity index (χ2n) is 10.2. The number of halogens is 1. The fourth-order valence-electron chi connectivity index (χ4n) is 4.16. The molecule has 0 aliphatic rings. The van der Waals surface area contributed by atoms with Gasteiger partial charge in [0.05, 0.1) is 34.3 Å². The largest absolute Gasteiger partial charge is 0.508 e. The molecule has 10 nitrogen and oxygen atoms in total. The maximum atomic E-state index is 14.0. The van der Waals surface area contributed by atoms with Crippen molar-refractivity contribution in [3.8, 4) is 39.8 Å². The highest BCUT2D eigenvalue weighted by Gasteiger charge is 2.22. The molecule has 0 saturated heterocycles. The average Bonchev–Trinajstić information content (AvgIpc) is 3.51. The molecule has 5 heterocycles. The number of fused-ring (bicyclic) bond motifs is 2. The number of nitrogens with zero attached hydrogens (tertiary/aromatic N) is 5. The van der Waals surface area contributed by atoms with Gasteiger partial charge >= 0.3 is 0 Å². The normalized spacial score (nSPS) is 11.8. The highest BCUT2D eigenvalue weighted by atomic mass is 19.1. The van der Waals surface area contributed by atoms with Gasteiger partial charge in [-0.1, -0.05) is 20.8 Å². The molecule has 4 N–H and O–H groups in total. The number of nitrogens with one attached hydrogen (secondary N) is 3. The number of carbonyl (C=O) groups excluding carboxylic acids is 1. The third kappa shape index (κ3) is 4.54. The number of phenolic OH excluding ortho intramolecular Hbond substituents is 1. The Morgan fingerprint density at radius 1 is 0.949 bits per heavy atom. The van der Waals surface area contributed by atoms with Gasteiger partial charge in [-0.25, -0.2) is 14.4 Å². The molecular weight excluding hydrogens is 499 g/mol. The van der Waals surface area contributed by atoms with E-state index in [0.29, 0.717) is 56.2 Å². The predicted octanol–water partition coefficient (Wildman–Crippen LogP) is 5.45. The molecule has 0 radical (unpaired) electrons. The van der Waals surface area contributed by atoms with Crippen LogP contribution in [0.5, 0.6) is 5.75 Å². The second kappa shape index (κ2) is 8.98. The zero-order valence-corrected chi connectivity index (χ0v) is 21.2. The minimum atomic E-state index is -0.578. The van der Waals surface area contributed by atoms with Crippen LogP contribution in [0, 0.1) is 11.2 Å². The van der Waals surface area contributed by atoms with Crippen molar-refractivity contribution in [1.29, 1.82) is 0 Å². The van der Waals surface area contributed by atoms with E-state index in [1.54, 1.807) is 24.7 Å². The highest BCUT2D eigenvalue weighted by Crippen LogP contribution is 2.32. The van der Waals surface area contributed by atoms with Gasteiger partial charge in [0.15, 0.2) is 11.5 Å². The van der Waals surface area contributed by atoms with Crippen LogP contribution >= 0.6 is 0 Å². The van der Waals surface area contributed by atoms with E-state index < -0.39 is 11.2 Å². The number of imidazole rings is 1. The van der Waals surface area contributed by atoms with Gasteiger partial charge in [-0.3, -0.25) is 19.9 Å². The molecular formula is C28H23FN8O2. The Kier molecular flexibility index (Phi) is 5.56. The van der Waals surface area contributed by atoms with Gasteiger partial charge < -0.3 is 15.4 Å². The number of carbonyl (C=O) groups is 1. The van der Waals surface area contributed by atoms with E-state index in [2.05, 4.69) is 30.5 Å². The molecule has 6 aromatic rings. The number of aromatic nitrogens is 7. The van der Waals surface area contributed by atoms with Crippen molar-refractivity contribution in [2.24, 2.45) is 5.41 Å². The zero-order valence-electron chi connectivity index (χ0n) is 21.2. The van der Waals surface area contributed by atoms with Crippen molar-refractivity contribution in [2.75, 3.05) is 5.32 Å². The summed E-state index contributed by atoms with van der Waals surface area (Å²) in [5.41, 5.74) is 5.12. The average molecular weight is 523 g/mol. The summed E-state index contributed by atoms with van der Waals surface area (Å²) < 4.78 is 14.0. The maximum Gasteiger partial charge on any atom is 0.229 e. The Morgan fingerprint density at radius 2 is 1.77 bits per heavy atom. The van der Waals surface area contributed by atoms with Crippen LogP contribution in [0.25, 0.3) is 56.1 Å². The summed E-state index contributed by atoms with van der Waals surface area (Å²) in [6, 6.07) is 11.0. The monoisotopic (exact) mass is 522 g/mol. The third-order valence-corrected chi connectivity index (χ3v) is 6.16. The van der Waals surface area contributed by atoms with Crippen molar-refractivity contribution in [1.82, 2.24) is 35.1 Å². The molecule has 0 fully saturated rings. The summed E-state index contributed by atoms with van der Waals surface area (Å²) in [6.07, 6.45) is 4.85. The molecule has 39 heavy (non-hydrogen) atoms. The minimum Gasteiger partial charge on any atom is -0.508 e. The molecule has 0 aliphatic carbocycles. The van der Waals surface area contributed by atoms with Gasteiger partial charge in [-0.05, 0) is 36.4 Å². The Morgan fingerprint density at radius 3 is 2.56 bits per heavy atom. The van der Waals surface area contributed by atoms with Crippen molar-refractivity contribution in [2.45, 2.75) is 20.8 Å². The van der Waals surface area contributed by atoms with Crippen LogP contribution in [0.4, 0.5) is 10.1 Å². The van der Waals surface area contributed by atoms with E-state index in [1.165, 1.54) is 12.1 Å². The number of anilines is 1. The molecule has 0 atom stereocenters. The van der Waals surface area contributed by atoms with E-state index in [1.807, 2.05) is 39.0 Å². The van der Waals surface area contributed by atoms with Gasteiger partial charge in [0, 0.05) is 35.0 Å². The Hall–Kier alpha value is -5.19. The van der Waals surface area contributed by atoms with E-state index in [9.17, 15) is 14.3 Å². The lowest BCUT2D eigenvalue weighted by atomic mass is 9.95. The minimum absolute atomic E-state index is 0.116. The van der Waals surface area contributed by atoms with Gasteiger partial charge in [-0.2, -0.15) is 5.10 Å². The number of aromatic amines is 2. The summed E-state index contributed by atoms with van der Waals surface area (Å²) in [6.45, 7) is 5.53. The summed E-state index contributed by atoms with van der Waals surface area (Å²) in [7, 11) is 0. The fraction of sp³-hybridized carbons (Fsp3) is 0.143. The third-order valence-electron chi connectivity index (χ3n) is 6.16. The molecule has 0 bridgehead atoms. The fourth-order valence-corrected chi connectivity index (χ4v) is 4.16. The first-order valence-corrected chi connectivity index (χ1v) is 12.1. The molecule has 11 heteroatoms. The van der Waals surface area contributed by atoms with E-state index in [-0.39, 0.29) is 11.7 Å². The lowest BCUT2D eigenvalue weighted by Crippen LogP contribution is -2.27. The van der Waals surface area contributed by atoms with E-state index in [0.717, 1.165) is 11.6 Å². The lowest BCUT2D eigenvalue weighted by Gasteiger charge is -2.17. The van der Waals surface area contributed by atoms with Gasteiger partial charge in [0.25, 0.3) is 0 Å². The van der Waals surface area contributed by atoms with Crippen LogP contribution in [0.15, 0.2) is 61.1 Å². The Balaban J connectivity index is 1.41. The summed E-state index contributed by atoms with van der Waals surface area (Å²) in [4.78, 5) is 33.9. The summed E-state index contributed by atoms with van der Waals surface area (Å²) >= 11 is 0. The first-order chi connectivity index (χ1) is 18.7. The van der Waals surface area contributed by atoms with Crippen LogP contribution in [-0.4, -0.2) is 46.1 Å². The van der Waals surface area contributed by atoms with Crippen molar-refractivity contribution >= 4 is 33.7 Å². The number of phenols is 1. The molecule has 0 spiro atoms. The molecule has 6 rings (SSSR count). The quantitative estimate of drug-likeness (QED) is 0.241. The molecule has 1 aromatic carbocycles. The highest BCUT2D eigenvalue weighted by molar-refractivity contribution is 5.96. The number of benzene rings is 1. The number of pyridine rings is 3. The first kappa shape index (κ1) is 24.2. The van der Waals surface area contributed by atoms with Crippen molar-refractivity contribution in [3.63, 3.8) is 0 Å². The molecule has 194 valence electrons. The van der Waals surface area contributed by atoms with Crippen LogP contribution in [-0.2, 0) is 4.79 Å². The standard InChI is InChI=1S/C28H23FN8O2/c1-28(2,3)27(39)32-17-9-15(12-30-13-17)19-4-5-21-24(33-19)25(37-36-21)26-34-20-6-7-31-22(23(20)35-26)14-8-16(29)11-18(38)10-14/h4-13,38H,1-3H3,(H,32,39)(H,34,35)(H,36,37). The molecule has 0 unspecified atom stereocenters. The van der Waals surface area contributed by atoms with Crippen molar-refractivity contribution in [3.05, 3.63) is 66.9 Å². The number of amides is 1.